The number of piperazine rings is 1. The largest absolute Gasteiger partial charge is 0.497 e. The number of rotatable bonds is 8. The number of hydrogen-bond acceptors (Lipinski definition) is 9. The summed E-state index contributed by atoms with van der Waals surface area (Å²) in [6, 6.07) is 21.0. The zero-order valence-corrected chi connectivity index (χ0v) is 21.0. The molecule has 0 unspecified atom stereocenters. The topological polar surface area (TPSA) is 92.1 Å². The highest BCUT2D eigenvalue weighted by Gasteiger charge is 2.22. The Kier molecular flexibility index (Phi) is 6.89. The molecule has 0 bridgehead atoms. The molecule has 10 heteroatoms. The van der Waals surface area contributed by atoms with E-state index in [9.17, 15) is 4.91 Å². The highest BCUT2D eigenvalue weighted by Crippen LogP contribution is 2.34. The molecule has 0 aliphatic carbocycles. The Morgan fingerprint density at radius 2 is 1.57 bits per heavy atom. The first-order valence-electron chi connectivity index (χ1n) is 12.0. The van der Waals surface area contributed by atoms with Crippen molar-refractivity contribution in [1.82, 2.24) is 9.97 Å². The second-order valence-electron chi connectivity index (χ2n) is 8.51. The Morgan fingerprint density at radius 1 is 0.838 bits per heavy atom. The van der Waals surface area contributed by atoms with Gasteiger partial charge in [0.25, 0.3) is 4.92 Å². The second-order valence-corrected chi connectivity index (χ2v) is 8.51. The molecule has 37 heavy (non-hydrogen) atoms. The first kappa shape index (κ1) is 24.1. The van der Waals surface area contributed by atoms with Gasteiger partial charge in [-0.15, -0.1) is 0 Å². The van der Waals surface area contributed by atoms with Crippen LogP contribution >= 0.6 is 0 Å². The molecular formula is C27H29N6O4+. The van der Waals surface area contributed by atoms with E-state index in [1.54, 1.807) is 26.4 Å². The lowest BCUT2D eigenvalue weighted by molar-refractivity contribution is -0.736. The van der Waals surface area contributed by atoms with Gasteiger partial charge >= 0.3 is 5.69 Å². The summed E-state index contributed by atoms with van der Waals surface area (Å²) in [5, 5.41) is 4.37. The summed E-state index contributed by atoms with van der Waals surface area (Å²) in [6.45, 7) is 3.13. The van der Waals surface area contributed by atoms with Gasteiger partial charge in [0.2, 0.25) is 5.95 Å². The lowest BCUT2D eigenvalue weighted by Gasteiger charge is -2.36. The van der Waals surface area contributed by atoms with Gasteiger partial charge in [-0.2, -0.15) is 4.98 Å². The highest BCUT2D eigenvalue weighted by molar-refractivity contribution is 5.92. The third kappa shape index (κ3) is 5.04. The van der Waals surface area contributed by atoms with E-state index in [1.807, 2.05) is 54.6 Å². The predicted molar refractivity (Wildman–Crippen MR) is 144 cm³/mol. The van der Waals surface area contributed by atoms with E-state index in [0.717, 1.165) is 48.5 Å². The van der Waals surface area contributed by atoms with E-state index >= 15 is 0 Å². The molecule has 1 N–H and O–H groups in total. The molecule has 0 saturated carbocycles. The molecule has 1 aliphatic heterocycles. The van der Waals surface area contributed by atoms with E-state index < -0.39 is 0 Å². The molecule has 4 aromatic rings. The number of methoxy groups -OCH3 is 2. The van der Waals surface area contributed by atoms with Gasteiger partial charge in [0.05, 0.1) is 30.3 Å². The Balaban J connectivity index is 1.37. The minimum atomic E-state index is 0.461. The number of aromatic nitrogens is 2. The second kappa shape index (κ2) is 10.6. The normalized spacial score (nSPS) is 13.4. The van der Waals surface area contributed by atoms with Gasteiger partial charge in [-0.25, -0.2) is 9.82 Å². The fourth-order valence-corrected chi connectivity index (χ4v) is 4.39. The third-order valence-corrected chi connectivity index (χ3v) is 6.41. The van der Waals surface area contributed by atoms with E-state index in [4.69, 9.17) is 24.3 Å². The molecule has 0 amide bonds. The molecule has 1 saturated heterocycles. The van der Waals surface area contributed by atoms with Crippen molar-refractivity contribution in [2.24, 2.45) is 0 Å². The quantitative estimate of drug-likeness (QED) is 0.345. The van der Waals surface area contributed by atoms with Gasteiger partial charge in [0.1, 0.15) is 17.3 Å². The fourth-order valence-electron chi connectivity index (χ4n) is 4.39. The minimum Gasteiger partial charge on any atom is -0.497 e. The van der Waals surface area contributed by atoms with E-state index in [2.05, 4.69) is 15.1 Å². The van der Waals surface area contributed by atoms with Crippen molar-refractivity contribution in [3.8, 4) is 11.5 Å². The lowest BCUT2D eigenvalue weighted by atomic mass is 10.2. The number of benzene rings is 3. The van der Waals surface area contributed by atoms with Crippen LogP contribution in [0.4, 0.5) is 28.8 Å². The fraction of sp³-hybridized carbons (Fsp3) is 0.259. The molecule has 0 spiro atoms. The van der Waals surface area contributed by atoms with Gasteiger partial charge in [0.15, 0.2) is 7.11 Å². The Hall–Kier alpha value is -4.60. The molecule has 1 fully saturated rings. The first-order chi connectivity index (χ1) is 18.1. The number of ether oxygens (including phenoxy) is 2. The van der Waals surface area contributed by atoms with Gasteiger partial charge in [-0.3, -0.25) is 0 Å². The molecule has 3 aromatic carbocycles. The van der Waals surface area contributed by atoms with E-state index in [1.165, 1.54) is 7.11 Å². The molecule has 190 valence electrons. The van der Waals surface area contributed by atoms with Crippen LogP contribution in [0.1, 0.15) is 0 Å². The maximum absolute atomic E-state index is 11.6. The Morgan fingerprint density at radius 3 is 2.27 bits per heavy atom. The number of fused-ring (bicyclic) bond motifs is 1. The summed E-state index contributed by atoms with van der Waals surface area (Å²) in [5.41, 5.74) is 3.17. The molecule has 0 atom stereocenters. The zero-order chi connectivity index (χ0) is 25.8. The van der Waals surface area contributed by atoms with Gasteiger partial charge < -0.3 is 24.6 Å². The van der Waals surface area contributed by atoms with Crippen LogP contribution in [-0.4, -0.2) is 62.4 Å². The van der Waals surface area contributed by atoms with Crippen LogP contribution in [-0.2, 0) is 4.84 Å². The van der Waals surface area contributed by atoms with Crippen molar-refractivity contribution in [1.29, 1.82) is 0 Å². The minimum absolute atomic E-state index is 0.461. The smallest absolute Gasteiger partial charge is 0.316 e. The summed E-state index contributed by atoms with van der Waals surface area (Å²) in [7, 11) is 4.61. The lowest BCUT2D eigenvalue weighted by Crippen LogP contribution is -2.47. The summed E-state index contributed by atoms with van der Waals surface area (Å²) in [4.78, 5) is 31.1. The molecule has 2 heterocycles. The number of nitrogens with one attached hydrogen (secondary N) is 1. The van der Waals surface area contributed by atoms with Crippen molar-refractivity contribution < 1.29 is 19.2 Å². The van der Waals surface area contributed by atoms with Crippen LogP contribution in [0.3, 0.4) is 0 Å². The standard InChI is InChI=1S/C27H29N6O4/c1-35-21-12-13-24(25(18-21)36-2)28-26-22-6-4-5-7-23(22)29-27(30-26)32-16-14-31(15-17-32)19-8-10-20(11-9-19)33(34)37-3/h4-13,18H,14-17H2,1-3H3,(H,28,29,30)/q+1. The molecule has 0 radical (unpaired) electrons. The first-order valence-corrected chi connectivity index (χ1v) is 12.0. The Bertz CT molecular complexity index is 1400. The summed E-state index contributed by atoms with van der Waals surface area (Å²) >= 11 is 0. The number of anilines is 4. The zero-order valence-electron chi connectivity index (χ0n) is 21.0. The average Bonchev–Trinajstić information content (AvgIpc) is 2.97. The highest BCUT2D eigenvalue weighted by atomic mass is 16.8. The number of nitrogens with zero attached hydrogens (tertiary/aromatic N) is 5. The van der Waals surface area contributed by atoms with Crippen molar-refractivity contribution in [3.63, 3.8) is 0 Å². The third-order valence-electron chi connectivity index (χ3n) is 6.41. The van der Waals surface area contributed by atoms with E-state index in [0.29, 0.717) is 33.9 Å². The van der Waals surface area contributed by atoms with Crippen LogP contribution in [0.5, 0.6) is 11.5 Å². The molecule has 10 nitrogen and oxygen atoms in total. The monoisotopic (exact) mass is 501 g/mol. The van der Waals surface area contributed by atoms with Crippen LogP contribution in [0.2, 0.25) is 0 Å². The predicted octanol–water partition coefficient (Wildman–Crippen LogP) is 4.69. The van der Waals surface area contributed by atoms with Crippen molar-refractivity contribution in [2.45, 2.75) is 0 Å². The van der Waals surface area contributed by atoms with E-state index in [-0.39, 0.29) is 0 Å². The van der Waals surface area contributed by atoms with Crippen LogP contribution < -0.4 is 24.6 Å². The van der Waals surface area contributed by atoms with Gasteiger partial charge in [0, 0.05) is 55.5 Å². The molecule has 1 aromatic heterocycles. The van der Waals surface area contributed by atoms with Gasteiger partial charge in [-0.1, -0.05) is 12.1 Å². The van der Waals surface area contributed by atoms with Crippen LogP contribution in [0, 0.1) is 4.91 Å². The summed E-state index contributed by atoms with van der Waals surface area (Å²) in [6.07, 6.45) is 0. The average molecular weight is 502 g/mol. The molecule has 1 aliphatic rings. The SMILES string of the molecule is COc1ccc(Nc2nc(N3CCN(c4ccc([N+](=O)OC)cc4)CC3)nc3ccccc23)c(OC)c1. The number of hydrogen-bond donors (Lipinski definition) is 1. The summed E-state index contributed by atoms with van der Waals surface area (Å²) in [5.74, 6) is 2.76. The summed E-state index contributed by atoms with van der Waals surface area (Å²) < 4.78 is 10.9. The van der Waals surface area contributed by atoms with Crippen LogP contribution in [0.15, 0.2) is 66.7 Å². The van der Waals surface area contributed by atoms with Crippen molar-refractivity contribution >= 4 is 39.7 Å². The van der Waals surface area contributed by atoms with Crippen LogP contribution in [0.25, 0.3) is 10.9 Å². The Labute approximate surface area is 214 Å². The number of para-hydroxylation sites is 1. The van der Waals surface area contributed by atoms with Crippen molar-refractivity contribution in [3.05, 3.63) is 71.6 Å². The van der Waals surface area contributed by atoms with Crippen molar-refractivity contribution in [2.75, 3.05) is 62.6 Å². The molecular weight excluding hydrogens is 472 g/mol. The maximum atomic E-state index is 11.6. The maximum Gasteiger partial charge on any atom is 0.316 e. The van der Waals surface area contributed by atoms with Gasteiger partial charge in [-0.05, 0) is 36.4 Å². The molecule has 5 rings (SSSR count).